The van der Waals surface area contributed by atoms with E-state index in [1.807, 2.05) is 0 Å². The lowest BCUT2D eigenvalue weighted by Crippen LogP contribution is -2.37. The van der Waals surface area contributed by atoms with Crippen LogP contribution in [0.25, 0.3) is 0 Å². The van der Waals surface area contributed by atoms with Crippen LogP contribution in [0, 0.1) is 5.41 Å². The Morgan fingerprint density at radius 1 is 1.42 bits per heavy atom. The van der Waals surface area contributed by atoms with Gasteiger partial charge in [0.1, 0.15) is 0 Å². The maximum atomic E-state index is 3.61. The van der Waals surface area contributed by atoms with Gasteiger partial charge in [0.2, 0.25) is 0 Å². The van der Waals surface area contributed by atoms with Crippen LogP contribution in [-0.2, 0) is 0 Å². The number of likely N-dealkylation sites (N-methyl/N-ethyl adjacent to an activating group) is 1. The van der Waals surface area contributed by atoms with E-state index >= 15 is 0 Å². The monoisotopic (exact) mass is 170 g/mol. The fourth-order valence-electron chi connectivity index (χ4n) is 1.55. The van der Waals surface area contributed by atoms with Crippen molar-refractivity contribution in [2.24, 2.45) is 5.41 Å². The molecule has 1 fully saturated rings. The van der Waals surface area contributed by atoms with E-state index in [9.17, 15) is 0 Å². The smallest absolute Gasteiger partial charge is 0.0207 e. The Kier molecular flexibility index (Phi) is 3.13. The average Bonchev–Trinajstić information content (AvgIpc) is 2.30. The highest BCUT2D eigenvalue weighted by molar-refractivity contribution is 4.80. The van der Waals surface area contributed by atoms with Crippen molar-refractivity contribution >= 4 is 0 Å². The van der Waals surface area contributed by atoms with Crippen molar-refractivity contribution in [3.8, 4) is 0 Å². The van der Waals surface area contributed by atoms with E-state index in [1.54, 1.807) is 0 Å². The summed E-state index contributed by atoms with van der Waals surface area (Å²) in [6.07, 6.45) is 1.31. The van der Waals surface area contributed by atoms with Crippen molar-refractivity contribution in [1.29, 1.82) is 0 Å². The number of likely N-dealkylation sites (tertiary alicyclic amines) is 1. The first kappa shape index (κ1) is 10.0. The summed E-state index contributed by atoms with van der Waals surface area (Å²) in [7, 11) is 2.19. The van der Waals surface area contributed by atoms with Gasteiger partial charge in [-0.25, -0.2) is 0 Å². The van der Waals surface area contributed by atoms with Gasteiger partial charge in [-0.2, -0.15) is 0 Å². The first-order valence-corrected chi connectivity index (χ1v) is 4.89. The van der Waals surface area contributed by atoms with Crippen molar-refractivity contribution in [2.75, 3.05) is 26.7 Å². The van der Waals surface area contributed by atoms with Crippen molar-refractivity contribution < 1.29 is 0 Å². The molecule has 1 heterocycles. The second-order valence-electron chi connectivity index (χ2n) is 5.19. The maximum absolute atomic E-state index is 3.61. The Bertz CT molecular complexity index is 137. The van der Waals surface area contributed by atoms with Crippen LogP contribution in [0.15, 0.2) is 0 Å². The zero-order valence-corrected chi connectivity index (χ0v) is 8.85. The minimum absolute atomic E-state index is 0.418. The molecule has 1 saturated heterocycles. The third-order valence-electron chi connectivity index (χ3n) is 2.31. The molecular weight excluding hydrogens is 148 g/mol. The normalized spacial score (nSPS) is 26.5. The van der Waals surface area contributed by atoms with Gasteiger partial charge in [0.25, 0.3) is 0 Å². The average molecular weight is 170 g/mol. The summed E-state index contributed by atoms with van der Waals surface area (Å²) in [5.41, 5.74) is 0.418. The number of nitrogens with zero attached hydrogens (tertiary/aromatic N) is 1. The molecule has 0 saturated carbocycles. The number of nitrogens with one attached hydrogen (secondary N) is 1. The summed E-state index contributed by atoms with van der Waals surface area (Å²) in [6.45, 7) is 10.4. The summed E-state index contributed by atoms with van der Waals surface area (Å²) in [5, 5.41) is 3.61. The Morgan fingerprint density at radius 2 is 2.08 bits per heavy atom. The minimum Gasteiger partial charge on any atom is -0.312 e. The molecule has 1 atom stereocenters. The van der Waals surface area contributed by atoms with Crippen LogP contribution in [0.2, 0.25) is 0 Å². The van der Waals surface area contributed by atoms with Crippen molar-refractivity contribution in [3.05, 3.63) is 0 Å². The third kappa shape index (κ3) is 3.55. The third-order valence-corrected chi connectivity index (χ3v) is 2.31. The van der Waals surface area contributed by atoms with E-state index in [0.717, 1.165) is 12.6 Å². The molecule has 12 heavy (non-hydrogen) atoms. The molecule has 1 aliphatic heterocycles. The number of rotatable bonds is 2. The van der Waals surface area contributed by atoms with E-state index in [4.69, 9.17) is 0 Å². The number of hydrogen-bond acceptors (Lipinski definition) is 2. The standard InChI is InChI=1S/C10H22N2/c1-10(2,3)8-11-9-5-6-12(4)7-9/h9,11H,5-8H2,1-4H3/t9-/m0/s1. The van der Waals surface area contributed by atoms with E-state index in [-0.39, 0.29) is 0 Å². The molecule has 1 rings (SSSR count). The largest absolute Gasteiger partial charge is 0.312 e. The van der Waals surface area contributed by atoms with Crippen LogP contribution in [0.1, 0.15) is 27.2 Å². The summed E-state index contributed by atoms with van der Waals surface area (Å²) in [5.74, 6) is 0. The molecule has 0 aromatic rings. The molecule has 2 nitrogen and oxygen atoms in total. The quantitative estimate of drug-likeness (QED) is 0.672. The predicted molar refractivity (Wildman–Crippen MR) is 53.4 cm³/mol. The molecule has 2 heteroatoms. The second kappa shape index (κ2) is 3.75. The SMILES string of the molecule is CN1CC[C@H](NCC(C)(C)C)C1. The zero-order valence-electron chi connectivity index (χ0n) is 8.85. The minimum atomic E-state index is 0.418. The van der Waals surface area contributed by atoms with Gasteiger partial charge >= 0.3 is 0 Å². The fraction of sp³-hybridized carbons (Fsp3) is 1.00. The van der Waals surface area contributed by atoms with E-state index in [2.05, 4.69) is 38.0 Å². The molecule has 0 aromatic heterocycles. The fourth-order valence-corrected chi connectivity index (χ4v) is 1.55. The van der Waals surface area contributed by atoms with Gasteiger partial charge in [-0.1, -0.05) is 20.8 Å². The van der Waals surface area contributed by atoms with Crippen molar-refractivity contribution in [3.63, 3.8) is 0 Å². The molecule has 1 aliphatic rings. The van der Waals surface area contributed by atoms with Gasteiger partial charge in [0, 0.05) is 19.1 Å². The molecule has 0 unspecified atom stereocenters. The molecular formula is C10H22N2. The van der Waals surface area contributed by atoms with Gasteiger partial charge < -0.3 is 10.2 Å². The number of hydrogen-bond donors (Lipinski definition) is 1. The first-order valence-electron chi connectivity index (χ1n) is 4.89. The van der Waals surface area contributed by atoms with Gasteiger partial charge in [-0.3, -0.25) is 0 Å². The molecule has 0 aromatic carbocycles. The van der Waals surface area contributed by atoms with Gasteiger partial charge in [-0.05, 0) is 25.4 Å². The molecule has 0 aliphatic carbocycles. The summed E-state index contributed by atoms with van der Waals surface area (Å²) >= 11 is 0. The second-order valence-corrected chi connectivity index (χ2v) is 5.19. The highest BCUT2D eigenvalue weighted by Crippen LogP contribution is 2.13. The van der Waals surface area contributed by atoms with Crippen LogP contribution in [-0.4, -0.2) is 37.6 Å². The summed E-state index contributed by atoms with van der Waals surface area (Å²) in [4.78, 5) is 2.39. The molecule has 72 valence electrons. The maximum Gasteiger partial charge on any atom is 0.0207 e. The summed E-state index contributed by atoms with van der Waals surface area (Å²) in [6, 6.07) is 0.731. The lowest BCUT2D eigenvalue weighted by atomic mass is 9.96. The molecule has 0 radical (unpaired) electrons. The van der Waals surface area contributed by atoms with Crippen LogP contribution in [0.4, 0.5) is 0 Å². The van der Waals surface area contributed by atoms with Crippen LogP contribution < -0.4 is 5.32 Å². The first-order chi connectivity index (χ1) is 5.47. The topological polar surface area (TPSA) is 15.3 Å². The van der Waals surface area contributed by atoms with Gasteiger partial charge in [-0.15, -0.1) is 0 Å². The lowest BCUT2D eigenvalue weighted by molar-refractivity contribution is 0.341. The molecule has 0 spiro atoms. The van der Waals surface area contributed by atoms with Crippen LogP contribution >= 0.6 is 0 Å². The Morgan fingerprint density at radius 3 is 2.50 bits per heavy atom. The van der Waals surface area contributed by atoms with Gasteiger partial charge in [0.15, 0.2) is 0 Å². The van der Waals surface area contributed by atoms with Crippen molar-refractivity contribution in [2.45, 2.75) is 33.2 Å². The zero-order chi connectivity index (χ0) is 9.19. The molecule has 1 N–H and O–H groups in total. The highest BCUT2D eigenvalue weighted by Gasteiger charge is 2.20. The van der Waals surface area contributed by atoms with E-state index in [1.165, 1.54) is 19.5 Å². The molecule has 0 bridgehead atoms. The van der Waals surface area contributed by atoms with Crippen LogP contribution in [0.3, 0.4) is 0 Å². The highest BCUT2D eigenvalue weighted by atomic mass is 15.2. The molecule has 0 amide bonds. The van der Waals surface area contributed by atoms with E-state index < -0.39 is 0 Å². The Hall–Kier alpha value is -0.0800. The van der Waals surface area contributed by atoms with E-state index in [0.29, 0.717) is 5.41 Å². The Balaban J connectivity index is 2.16. The van der Waals surface area contributed by atoms with Crippen LogP contribution in [0.5, 0.6) is 0 Å². The van der Waals surface area contributed by atoms with Gasteiger partial charge in [0.05, 0.1) is 0 Å². The Labute approximate surface area is 76.3 Å². The lowest BCUT2D eigenvalue weighted by Gasteiger charge is -2.22. The predicted octanol–water partition coefficient (Wildman–Crippen LogP) is 1.33. The van der Waals surface area contributed by atoms with Crippen molar-refractivity contribution in [1.82, 2.24) is 10.2 Å². The summed E-state index contributed by atoms with van der Waals surface area (Å²) < 4.78 is 0.